The van der Waals surface area contributed by atoms with Crippen molar-refractivity contribution in [1.82, 2.24) is 0 Å². The van der Waals surface area contributed by atoms with E-state index in [9.17, 15) is 45.3 Å². The zero-order valence-corrected chi connectivity index (χ0v) is 26.8. The average molecular weight is 663 g/mol. The second-order valence-corrected chi connectivity index (χ2v) is 12.9. The van der Waals surface area contributed by atoms with E-state index >= 15 is 0 Å². The standard InChI is InChI=1S/C32H54O14/c1-19(44-30-26(36)25(35)24(34)22(46-30)16-42-31-27(37)32(41,17-33)18-43-31)14-12-10-8-6-4-3-5-7-9-11-13-15-21-23(28(38)39)20(2)29(40)45-21/h19,21-27,30-31,33-37,41H,2-18H2,1H3,(H,38,39)/t19-,21+,22-,23+,24-,25+,26-,27+,30-,31-,32-/m1/s1. The fraction of sp³-hybridized carbons (Fsp3) is 0.875. The molecular weight excluding hydrogens is 608 g/mol. The molecule has 3 fully saturated rings. The van der Waals surface area contributed by atoms with E-state index in [4.69, 9.17) is 23.7 Å². The van der Waals surface area contributed by atoms with Gasteiger partial charge in [-0.05, 0) is 26.2 Å². The first kappa shape index (κ1) is 38.7. The largest absolute Gasteiger partial charge is 0.481 e. The molecule has 0 amide bonds. The van der Waals surface area contributed by atoms with Crippen molar-refractivity contribution in [3.63, 3.8) is 0 Å². The molecule has 3 aliphatic heterocycles. The fourth-order valence-electron chi connectivity index (χ4n) is 6.12. The first-order valence-corrected chi connectivity index (χ1v) is 16.6. The normalized spacial score (nSPS) is 35.4. The van der Waals surface area contributed by atoms with E-state index in [0.717, 1.165) is 77.0 Å². The summed E-state index contributed by atoms with van der Waals surface area (Å²) in [5, 5.41) is 69.9. The number of ether oxygens (including phenoxy) is 5. The van der Waals surface area contributed by atoms with Gasteiger partial charge in [-0.3, -0.25) is 4.79 Å². The Balaban J connectivity index is 1.20. The Morgan fingerprint density at radius 2 is 1.50 bits per heavy atom. The van der Waals surface area contributed by atoms with Crippen LogP contribution < -0.4 is 0 Å². The first-order valence-electron chi connectivity index (χ1n) is 16.6. The predicted octanol–water partition coefficient (Wildman–Crippen LogP) is 0.910. The lowest BCUT2D eigenvalue weighted by Crippen LogP contribution is -2.60. The number of esters is 1. The van der Waals surface area contributed by atoms with Crippen molar-refractivity contribution in [2.45, 2.75) is 151 Å². The second kappa shape index (κ2) is 18.7. The molecule has 3 rings (SSSR count). The van der Waals surface area contributed by atoms with Gasteiger partial charge in [-0.15, -0.1) is 0 Å². The van der Waals surface area contributed by atoms with E-state index in [1.807, 2.05) is 6.92 Å². The lowest BCUT2D eigenvalue weighted by molar-refractivity contribution is -0.317. The molecule has 0 spiro atoms. The summed E-state index contributed by atoms with van der Waals surface area (Å²) in [6.45, 7) is 4.00. The van der Waals surface area contributed by atoms with Crippen molar-refractivity contribution in [1.29, 1.82) is 0 Å². The van der Waals surface area contributed by atoms with Crippen molar-refractivity contribution in [3.8, 4) is 0 Å². The van der Waals surface area contributed by atoms with E-state index in [0.29, 0.717) is 6.42 Å². The molecule has 0 aromatic heterocycles. The van der Waals surface area contributed by atoms with Crippen LogP contribution in [0.1, 0.15) is 90.4 Å². The summed E-state index contributed by atoms with van der Waals surface area (Å²) in [6.07, 6.45) is 2.38. The van der Waals surface area contributed by atoms with Gasteiger partial charge in [0.1, 0.15) is 48.1 Å². The van der Waals surface area contributed by atoms with Gasteiger partial charge in [0.05, 0.1) is 25.9 Å². The smallest absolute Gasteiger partial charge is 0.334 e. The molecule has 3 heterocycles. The SMILES string of the molecule is C=C1C(=O)O[C@@H](CCCCCCCCCCCCC[C@@H](C)O[C@@H]2O[C@H](CO[C@@H]3OC[C@](O)(CO)[C@H]3O)[C@@H](O)[C@H](O)[C@H]2O)[C@H]1C(=O)O. The number of aliphatic carboxylic acids is 1. The van der Waals surface area contributed by atoms with Crippen LogP contribution >= 0.6 is 0 Å². The number of unbranched alkanes of at least 4 members (excludes halogenated alkanes) is 10. The van der Waals surface area contributed by atoms with Crippen LogP contribution in [-0.2, 0) is 33.3 Å². The number of aliphatic hydroxyl groups excluding tert-OH is 5. The molecule has 11 atom stereocenters. The van der Waals surface area contributed by atoms with Gasteiger partial charge < -0.3 is 59.4 Å². The summed E-state index contributed by atoms with van der Waals surface area (Å²) in [5.74, 6) is -2.59. The van der Waals surface area contributed by atoms with E-state index in [-0.39, 0.29) is 24.9 Å². The summed E-state index contributed by atoms with van der Waals surface area (Å²) in [7, 11) is 0. The number of aliphatic hydroxyl groups is 6. The third kappa shape index (κ3) is 10.6. The number of cyclic esters (lactones) is 1. The number of carbonyl (C=O) groups is 2. The highest BCUT2D eigenvalue weighted by atomic mass is 16.7. The number of carbonyl (C=O) groups excluding carboxylic acids is 1. The summed E-state index contributed by atoms with van der Waals surface area (Å²) in [5.41, 5.74) is -1.83. The van der Waals surface area contributed by atoms with Gasteiger partial charge in [-0.25, -0.2) is 4.79 Å². The maximum Gasteiger partial charge on any atom is 0.334 e. The quantitative estimate of drug-likeness (QED) is 0.0516. The maximum absolute atomic E-state index is 11.6. The number of hydrogen-bond donors (Lipinski definition) is 7. The van der Waals surface area contributed by atoms with Crippen molar-refractivity contribution in [3.05, 3.63) is 12.2 Å². The lowest BCUT2D eigenvalue weighted by atomic mass is 9.93. The van der Waals surface area contributed by atoms with Gasteiger partial charge >= 0.3 is 11.9 Å². The first-order chi connectivity index (χ1) is 21.9. The topological polar surface area (TPSA) is 222 Å². The van der Waals surface area contributed by atoms with Crippen molar-refractivity contribution in [2.24, 2.45) is 5.92 Å². The van der Waals surface area contributed by atoms with E-state index in [1.165, 1.54) is 0 Å². The maximum atomic E-state index is 11.6. The second-order valence-electron chi connectivity index (χ2n) is 12.9. The Morgan fingerprint density at radius 1 is 0.913 bits per heavy atom. The molecule has 0 aromatic carbocycles. The molecule has 0 unspecified atom stereocenters. The molecule has 0 radical (unpaired) electrons. The molecule has 0 saturated carbocycles. The minimum Gasteiger partial charge on any atom is -0.481 e. The third-order valence-electron chi connectivity index (χ3n) is 9.17. The monoisotopic (exact) mass is 662 g/mol. The zero-order chi connectivity index (χ0) is 33.9. The van der Waals surface area contributed by atoms with Crippen molar-refractivity contribution >= 4 is 11.9 Å². The summed E-state index contributed by atoms with van der Waals surface area (Å²) < 4.78 is 27.3. The Morgan fingerprint density at radius 3 is 2.07 bits per heavy atom. The molecule has 3 aliphatic rings. The minimum absolute atomic E-state index is 0.0356. The third-order valence-corrected chi connectivity index (χ3v) is 9.17. The molecular formula is C32H54O14. The van der Waals surface area contributed by atoms with Crippen LogP contribution in [0.2, 0.25) is 0 Å². The summed E-state index contributed by atoms with van der Waals surface area (Å²) in [6, 6.07) is 0. The summed E-state index contributed by atoms with van der Waals surface area (Å²) >= 11 is 0. The highest BCUT2D eigenvalue weighted by molar-refractivity contribution is 5.97. The minimum atomic E-state index is -1.86. The number of carboxylic acids is 1. The molecule has 14 heteroatoms. The van der Waals surface area contributed by atoms with Crippen LogP contribution in [0, 0.1) is 5.92 Å². The molecule has 0 aromatic rings. The van der Waals surface area contributed by atoms with Gasteiger partial charge in [-0.1, -0.05) is 70.8 Å². The molecule has 14 nitrogen and oxygen atoms in total. The average Bonchev–Trinajstić information content (AvgIpc) is 3.48. The summed E-state index contributed by atoms with van der Waals surface area (Å²) in [4.78, 5) is 23.0. The Hall–Kier alpha value is -1.72. The van der Waals surface area contributed by atoms with Crippen LogP contribution in [0.4, 0.5) is 0 Å². The van der Waals surface area contributed by atoms with Gasteiger partial charge in [0, 0.05) is 5.57 Å². The van der Waals surface area contributed by atoms with E-state index in [2.05, 4.69) is 6.58 Å². The van der Waals surface area contributed by atoms with E-state index in [1.54, 1.807) is 0 Å². The number of carboxylic acid groups (broad SMARTS) is 1. The zero-order valence-electron chi connectivity index (χ0n) is 26.8. The van der Waals surface area contributed by atoms with Crippen molar-refractivity contribution in [2.75, 3.05) is 19.8 Å². The number of hydrogen-bond acceptors (Lipinski definition) is 13. The van der Waals surface area contributed by atoms with Crippen LogP contribution in [0.3, 0.4) is 0 Å². The van der Waals surface area contributed by atoms with E-state index < -0.39 is 79.3 Å². The molecule has 46 heavy (non-hydrogen) atoms. The van der Waals surface area contributed by atoms with Crippen LogP contribution in [0.5, 0.6) is 0 Å². The Bertz CT molecular complexity index is 963. The molecule has 3 saturated heterocycles. The Labute approximate surface area is 270 Å². The van der Waals surface area contributed by atoms with Crippen LogP contribution in [0.15, 0.2) is 12.2 Å². The molecule has 7 N–H and O–H groups in total. The highest BCUT2D eigenvalue weighted by Gasteiger charge is 2.50. The molecule has 0 bridgehead atoms. The van der Waals surface area contributed by atoms with Crippen molar-refractivity contribution < 1.29 is 69.0 Å². The van der Waals surface area contributed by atoms with Gasteiger partial charge in [-0.2, -0.15) is 0 Å². The van der Waals surface area contributed by atoms with Crippen LogP contribution in [-0.4, -0.2) is 128 Å². The van der Waals surface area contributed by atoms with Gasteiger partial charge in [0.15, 0.2) is 12.6 Å². The fourth-order valence-corrected chi connectivity index (χ4v) is 6.12. The number of rotatable bonds is 21. The lowest BCUT2D eigenvalue weighted by Gasteiger charge is -2.41. The van der Waals surface area contributed by atoms with Crippen LogP contribution in [0.25, 0.3) is 0 Å². The van der Waals surface area contributed by atoms with Gasteiger partial charge in [0.2, 0.25) is 0 Å². The Kier molecular flexibility index (Phi) is 15.8. The van der Waals surface area contributed by atoms with Gasteiger partial charge in [0.25, 0.3) is 0 Å². The molecule has 266 valence electrons. The highest BCUT2D eigenvalue weighted by Crippen LogP contribution is 2.31. The predicted molar refractivity (Wildman–Crippen MR) is 161 cm³/mol. The molecule has 0 aliphatic carbocycles.